The zero-order valence-corrected chi connectivity index (χ0v) is 23.5. The highest BCUT2D eigenvalue weighted by molar-refractivity contribution is 7.80. The summed E-state index contributed by atoms with van der Waals surface area (Å²) in [6, 6.07) is 28.1. The zero-order valence-electron chi connectivity index (χ0n) is 21.2. The van der Waals surface area contributed by atoms with E-state index in [1.165, 1.54) is 0 Å². The molecule has 1 aliphatic rings. The number of thiocarbonyl (C=S) groups is 1. The lowest BCUT2D eigenvalue weighted by atomic mass is 10.0. The molecule has 1 fully saturated rings. The molecule has 9 heteroatoms. The van der Waals surface area contributed by atoms with Crippen LogP contribution in [0.1, 0.15) is 30.0 Å². The van der Waals surface area contributed by atoms with E-state index < -0.39 is 0 Å². The molecule has 5 aromatic rings. The number of carbonyl (C=O) groups excluding carboxylic acids is 1. The molecular formula is C31H24Cl2N4O2S. The Morgan fingerprint density at radius 3 is 2.65 bits per heavy atom. The molecule has 2 aromatic heterocycles. The van der Waals surface area contributed by atoms with Crippen LogP contribution in [0, 0.1) is 0 Å². The summed E-state index contributed by atoms with van der Waals surface area (Å²) in [6.07, 6.45) is 1.98. The number of anilines is 1. The Kier molecular flexibility index (Phi) is 7.43. The molecule has 0 bridgehead atoms. The van der Waals surface area contributed by atoms with Crippen molar-refractivity contribution in [3.8, 4) is 11.3 Å². The van der Waals surface area contributed by atoms with Crippen LogP contribution in [0.2, 0.25) is 10.0 Å². The SMILES string of the molecule is O=C(CCN1C(=S)N[C@@H](c2ccccn2)[C@H]1c1ccc(-c2ccc(Cl)cc2Cl)o1)Nc1cccc2ccccc12. The second-order valence-corrected chi connectivity index (χ2v) is 10.7. The van der Waals surface area contributed by atoms with Crippen LogP contribution in [0.15, 0.2) is 102 Å². The van der Waals surface area contributed by atoms with Crippen molar-refractivity contribution in [2.75, 3.05) is 11.9 Å². The van der Waals surface area contributed by atoms with E-state index in [9.17, 15) is 4.79 Å². The topological polar surface area (TPSA) is 70.4 Å². The predicted molar refractivity (Wildman–Crippen MR) is 164 cm³/mol. The van der Waals surface area contributed by atoms with Gasteiger partial charge in [-0.05, 0) is 66.1 Å². The smallest absolute Gasteiger partial charge is 0.226 e. The molecule has 3 heterocycles. The molecule has 0 unspecified atom stereocenters. The van der Waals surface area contributed by atoms with Gasteiger partial charge in [-0.3, -0.25) is 9.78 Å². The number of amides is 1. The number of pyridine rings is 1. The van der Waals surface area contributed by atoms with Crippen LogP contribution in [0.5, 0.6) is 0 Å². The fourth-order valence-corrected chi connectivity index (χ4v) is 5.90. The van der Waals surface area contributed by atoms with Gasteiger partial charge in [0.15, 0.2) is 5.11 Å². The van der Waals surface area contributed by atoms with Gasteiger partial charge in [-0.25, -0.2) is 0 Å². The summed E-state index contributed by atoms with van der Waals surface area (Å²) in [4.78, 5) is 19.7. The number of nitrogens with zero attached hydrogens (tertiary/aromatic N) is 2. The summed E-state index contributed by atoms with van der Waals surface area (Å²) in [7, 11) is 0. The molecule has 0 saturated carbocycles. The summed E-state index contributed by atoms with van der Waals surface area (Å²) in [6.45, 7) is 0.383. The first kappa shape index (κ1) is 26.3. The number of hydrogen-bond acceptors (Lipinski definition) is 4. The molecule has 1 saturated heterocycles. The lowest BCUT2D eigenvalue weighted by molar-refractivity contribution is -0.116. The highest BCUT2D eigenvalue weighted by atomic mass is 35.5. The summed E-state index contributed by atoms with van der Waals surface area (Å²) in [5.41, 5.74) is 2.34. The Hall–Kier alpha value is -3.91. The van der Waals surface area contributed by atoms with Crippen molar-refractivity contribution in [2.24, 2.45) is 0 Å². The van der Waals surface area contributed by atoms with Gasteiger partial charge < -0.3 is 20.0 Å². The molecule has 6 rings (SSSR count). The lowest BCUT2D eigenvalue weighted by Gasteiger charge is -2.26. The van der Waals surface area contributed by atoms with Gasteiger partial charge in [0.2, 0.25) is 5.91 Å². The quantitative estimate of drug-likeness (QED) is 0.189. The van der Waals surface area contributed by atoms with Crippen LogP contribution in [-0.4, -0.2) is 27.4 Å². The summed E-state index contributed by atoms with van der Waals surface area (Å²) < 4.78 is 6.36. The van der Waals surface area contributed by atoms with Crippen LogP contribution >= 0.6 is 35.4 Å². The van der Waals surface area contributed by atoms with E-state index >= 15 is 0 Å². The molecule has 0 radical (unpaired) electrons. The van der Waals surface area contributed by atoms with Gasteiger partial charge in [-0.15, -0.1) is 0 Å². The number of furan rings is 1. The monoisotopic (exact) mass is 586 g/mol. The molecule has 2 atom stereocenters. The van der Waals surface area contributed by atoms with Gasteiger partial charge in [-0.2, -0.15) is 0 Å². The van der Waals surface area contributed by atoms with E-state index in [1.54, 1.807) is 18.3 Å². The minimum Gasteiger partial charge on any atom is -0.459 e. The summed E-state index contributed by atoms with van der Waals surface area (Å²) in [5, 5.41) is 10.1. The second-order valence-electron chi connectivity index (χ2n) is 9.47. The Labute approximate surface area is 246 Å². The second kappa shape index (κ2) is 11.3. The van der Waals surface area contributed by atoms with Crippen molar-refractivity contribution in [2.45, 2.75) is 18.5 Å². The number of fused-ring (bicyclic) bond motifs is 1. The normalized spacial score (nSPS) is 16.8. The van der Waals surface area contributed by atoms with Crippen LogP contribution in [-0.2, 0) is 4.79 Å². The zero-order chi connectivity index (χ0) is 27.6. The van der Waals surface area contributed by atoms with Crippen LogP contribution in [0.4, 0.5) is 5.69 Å². The molecule has 200 valence electrons. The highest BCUT2D eigenvalue weighted by Crippen LogP contribution is 2.41. The van der Waals surface area contributed by atoms with Crippen LogP contribution < -0.4 is 10.6 Å². The predicted octanol–water partition coefficient (Wildman–Crippen LogP) is 7.80. The number of halogens is 2. The fraction of sp³-hybridized carbons (Fsp3) is 0.129. The molecule has 3 aromatic carbocycles. The lowest BCUT2D eigenvalue weighted by Crippen LogP contribution is -2.32. The molecule has 2 N–H and O–H groups in total. The average Bonchev–Trinajstić information content (AvgIpc) is 3.57. The van der Waals surface area contributed by atoms with Gasteiger partial charge in [0, 0.05) is 40.8 Å². The number of nitrogens with one attached hydrogen (secondary N) is 2. The molecule has 1 aliphatic heterocycles. The van der Waals surface area contributed by atoms with E-state index in [4.69, 9.17) is 39.8 Å². The van der Waals surface area contributed by atoms with Gasteiger partial charge in [0.25, 0.3) is 0 Å². The Morgan fingerprint density at radius 1 is 1.00 bits per heavy atom. The Balaban J connectivity index is 1.26. The van der Waals surface area contributed by atoms with Crippen molar-refractivity contribution in [1.82, 2.24) is 15.2 Å². The maximum atomic E-state index is 13.1. The third-order valence-corrected chi connectivity index (χ3v) is 7.86. The van der Waals surface area contributed by atoms with Crippen molar-refractivity contribution in [1.29, 1.82) is 0 Å². The maximum absolute atomic E-state index is 13.1. The minimum absolute atomic E-state index is 0.104. The van der Waals surface area contributed by atoms with Crippen LogP contribution in [0.3, 0.4) is 0 Å². The molecule has 1 amide bonds. The number of benzene rings is 3. The molecule has 0 spiro atoms. The van der Waals surface area contributed by atoms with Crippen molar-refractivity contribution < 1.29 is 9.21 Å². The number of carbonyl (C=O) groups is 1. The number of aromatic nitrogens is 1. The summed E-state index contributed by atoms with van der Waals surface area (Å²) in [5.74, 6) is 1.19. The van der Waals surface area contributed by atoms with Crippen molar-refractivity contribution in [3.63, 3.8) is 0 Å². The maximum Gasteiger partial charge on any atom is 0.226 e. The summed E-state index contributed by atoms with van der Waals surface area (Å²) >= 11 is 18.3. The largest absolute Gasteiger partial charge is 0.459 e. The van der Waals surface area contributed by atoms with E-state index in [0.717, 1.165) is 27.7 Å². The van der Waals surface area contributed by atoms with E-state index in [-0.39, 0.29) is 24.4 Å². The third-order valence-electron chi connectivity index (χ3n) is 6.96. The Morgan fingerprint density at radius 2 is 1.82 bits per heavy atom. The molecular weight excluding hydrogens is 563 g/mol. The highest BCUT2D eigenvalue weighted by Gasteiger charge is 2.41. The molecule has 40 heavy (non-hydrogen) atoms. The average molecular weight is 588 g/mol. The van der Waals surface area contributed by atoms with E-state index in [0.29, 0.717) is 33.2 Å². The molecule has 0 aliphatic carbocycles. The molecule has 6 nitrogen and oxygen atoms in total. The van der Waals surface area contributed by atoms with E-state index in [1.807, 2.05) is 83.8 Å². The minimum atomic E-state index is -0.326. The van der Waals surface area contributed by atoms with Crippen molar-refractivity contribution in [3.05, 3.63) is 119 Å². The van der Waals surface area contributed by atoms with Gasteiger partial charge in [0.1, 0.15) is 17.6 Å². The third kappa shape index (κ3) is 5.28. The first-order valence-corrected chi connectivity index (χ1v) is 14.0. The Bertz CT molecular complexity index is 1700. The number of rotatable bonds is 7. The van der Waals surface area contributed by atoms with Gasteiger partial charge in [-0.1, -0.05) is 65.7 Å². The van der Waals surface area contributed by atoms with E-state index in [2.05, 4.69) is 15.6 Å². The standard InChI is InChI=1S/C31H24Cl2N4O2S/c32-20-11-12-22(23(33)18-20)26-13-14-27(39-26)30-29(25-9-3-4-16-34-25)36-31(40)37(30)17-15-28(38)35-24-10-5-7-19-6-1-2-8-21(19)24/h1-14,16,18,29-30H,15,17H2,(H,35,38)(H,36,40)/t29-,30+/m0/s1. The van der Waals surface area contributed by atoms with Gasteiger partial charge in [0.05, 0.1) is 16.8 Å². The first-order chi connectivity index (χ1) is 19.5. The van der Waals surface area contributed by atoms with Crippen LogP contribution in [0.25, 0.3) is 22.1 Å². The fourth-order valence-electron chi connectivity index (χ4n) is 5.07. The number of hydrogen-bond donors (Lipinski definition) is 2. The first-order valence-electron chi connectivity index (χ1n) is 12.8. The van der Waals surface area contributed by atoms with Crippen molar-refractivity contribution >= 4 is 62.9 Å². The van der Waals surface area contributed by atoms with Gasteiger partial charge >= 0.3 is 0 Å².